The van der Waals surface area contributed by atoms with Crippen molar-refractivity contribution in [3.63, 3.8) is 0 Å². The van der Waals surface area contributed by atoms with Crippen molar-refractivity contribution in [1.29, 1.82) is 0 Å². The fourth-order valence-electron chi connectivity index (χ4n) is 3.04. The number of rotatable bonds is 7. The summed E-state index contributed by atoms with van der Waals surface area (Å²) in [4.78, 5) is 26.9. The molecule has 0 unspecified atom stereocenters. The lowest BCUT2D eigenvalue weighted by atomic mass is 10.2. The summed E-state index contributed by atoms with van der Waals surface area (Å²) >= 11 is 6.47. The van der Waals surface area contributed by atoms with Gasteiger partial charge in [0.25, 0.3) is 11.8 Å². The average Bonchev–Trinajstić information content (AvgIpc) is 3.32. The molecule has 166 valence electrons. The van der Waals surface area contributed by atoms with Gasteiger partial charge in [-0.1, -0.05) is 36.1 Å². The summed E-state index contributed by atoms with van der Waals surface area (Å²) in [6.07, 6.45) is 1.72. The third-order valence-corrected chi connectivity index (χ3v) is 5.89. The minimum absolute atomic E-state index is 0.113. The molecule has 2 aromatic carbocycles. The summed E-state index contributed by atoms with van der Waals surface area (Å²) in [5.41, 5.74) is 0.935. The molecule has 1 N–H and O–H groups in total. The lowest BCUT2D eigenvalue weighted by molar-refractivity contribution is -0.122. The zero-order valence-corrected chi connectivity index (χ0v) is 18.0. The molecule has 4 rings (SSSR count). The lowest BCUT2D eigenvalue weighted by Gasteiger charge is -2.15. The van der Waals surface area contributed by atoms with E-state index in [0.29, 0.717) is 20.7 Å². The average molecular weight is 478 g/mol. The van der Waals surface area contributed by atoms with Gasteiger partial charge in [-0.05, 0) is 42.0 Å². The number of alkyl halides is 2. The quantitative estimate of drug-likeness (QED) is 0.481. The van der Waals surface area contributed by atoms with E-state index in [9.17, 15) is 18.4 Å². The second-order valence-corrected chi connectivity index (χ2v) is 8.28. The number of thiocarbonyl (C=S) groups is 1. The Labute approximate surface area is 191 Å². The molecule has 2 aliphatic heterocycles. The Kier molecular flexibility index (Phi) is 6.56. The van der Waals surface area contributed by atoms with Gasteiger partial charge < -0.3 is 19.5 Å². The molecule has 0 aromatic heterocycles. The van der Waals surface area contributed by atoms with Crippen LogP contribution in [-0.2, 0) is 4.79 Å². The summed E-state index contributed by atoms with van der Waals surface area (Å²) in [5, 5.41) is 2.65. The Balaban J connectivity index is 1.34. The van der Waals surface area contributed by atoms with Crippen molar-refractivity contribution in [2.45, 2.75) is 6.61 Å². The van der Waals surface area contributed by atoms with E-state index in [1.165, 1.54) is 40.9 Å². The molecule has 2 aliphatic rings. The molecule has 2 heterocycles. The summed E-state index contributed by atoms with van der Waals surface area (Å²) < 4.78 is 40.0. The van der Waals surface area contributed by atoms with E-state index in [-0.39, 0.29) is 37.1 Å². The summed E-state index contributed by atoms with van der Waals surface area (Å²) in [6, 6.07) is 10.8. The van der Waals surface area contributed by atoms with Crippen molar-refractivity contribution in [2.75, 3.05) is 19.9 Å². The van der Waals surface area contributed by atoms with Crippen LogP contribution >= 0.6 is 24.0 Å². The topological polar surface area (TPSA) is 77.1 Å². The van der Waals surface area contributed by atoms with E-state index in [2.05, 4.69) is 10.1 Å². The predicted octanol–water partition coefficient (Wildman–Crippen LogP) is 3.65. The second kappa shape index (κ2) is 9.53. The van der Waals surface area contributed by atoms with E-state index >= 15 is 0 Å². The molecule has 7 nitrogen and oxygen atoms in total. The molecule has 1 fully saturated rings. The molecule has 0 spiro atoms. The zero-order chi connectivity index (χ0) is 22.7. The number of nitrogens with one attached hydrogen (secondary N) is 1. The maximum atomic E-state index is 12.7. The first-order valence-electron chi connectivity index (χ1n) is 9.39. The zero-order valence-electron chi connectivity index (χ0n) is 16.4. The Morgan fingerprint density at radius 3 is 2.88 bits per heavy atom. The maximum absolute atomic E-state index is 12.7. The van der Waals surface area contributed by atoms with Crippen LogP contribution in [0.2, 0.25) is 0 Å². The number of fused-ring (bicyclic) bond motifs is 1. The molecule has 0 radical (unpaired) electrons. The van der Waals surface area contributed by atoms with Crippen LogP contribution in [0.3, 0.4) is 0 Å². The highest BCUT2D eigenvalue weighted by atomic mass is 32.2. The number of halogens is 2. The van der Waals surface area contributed by atoms with Gasteiger partial charge in [-0.15, -0.1) is 0 Å². The number of benzene rings is 2. The summed E-state index contributed by atoms with van der Waals surface area (Å²) in [7, 11) is 0. The van der Waals surface area contributed by atoms with Gasteiger partial charge in [0.2, 0.25) is 6.79 Å². The molecule has 0 saturated carbocycles. The molecule has 1 saturated heterocycles. The van der Waals surface area contributed by atoms with Gasteiger partial charge in [-0.2, -0.15) is 8.78 Å². The number of amides is 2. The largest absolute Gasteiger partial charge is 0.454 e. The Morgan fingerprint density at radius 1 is 1.25 bits per heavy atom. The molecule has 11 heteroatoms. The normalized spacial score (nSPS) is 16.2. The van der Waals surface area contributed by atoms with Crippen LogP contribution in [0.15, 0.2) is 47.4 Å². The van der Waals surface area contributed by atoms with Crippen LogP contribution in [0.4, 0.5) is 8.78 Å². The smallest absolute Gasteiger partial charge is 0.387 e. The maximum Gasteiger partial charge on any atom is 0.387 e. The predicted molar refractivity (Wildman–Crippen MR) is 118 cm³/mol. The number of nitrogens with zero attached hydrogens (tertiary/aromatic N) is 1. The third-order valence-electron chi connectivity index (χ3n) is 4.51. The number of hydrogen-bond donors (Lipinski definition) is 1. The van der Waals surface area contributed by atoms with Crippen LogP contribution in [0.25, 0.3) is 6.08 Å². The number of ether oxygens (including phenoxy) is 3. The standard InChI is InChI=1S/C21H16F2N2O5S2/c22-20(23)30-14-3-1-2-13(10-14)18(26)24-6-7-25-19(27)17(32-21(25)31)9-12-4-5-15-16(8-12)29-11-28-15/h1-5,8-10,20H,6-7,11H2,(H,24,26). The van der Waals surface area contributed by atoms with E-state index in [1.807, 2.05) is 6.07 Å². The number of carbonyl (C=O) groups excluding carboxylic acids is 2. The first kappa shape index (κ1) is 22.0. The Morgan fingerprint density at radius 2 is 2.06 bits per heavy atom. The third kappa shape index (κ3) is 5.00. The van der Waals surface area contributed by atoms with E-state index < -0.39 is 12.5 Å². The Hall–Kier alpha value is -3.18. The van der Waals surface area contributed by atoms with Crippen LogP contribution in [0.5, 0.6) is 17.2 Å². The van der Waals surface area contributed by atoms with Gasteiger partial charge in [0.15, 0.2) is 11.5 Å². The van der Waals surface area contributed by atoms with Crippen LogP contribution < -0.4 is 19.5 Å². The number of hydrogen-bond acceptors (Lipinski definition) is 7. The van der Waals surface area contributed by atoms with Crippen LogP contribution in [-0.4, -0.2) is 47.5 Å². The van der Waals surface area contributed by atoms with E-state index in [1.54, 1.807) is 18.2 Å². The monoisotopic (exact) mass is 478 g/mol. The fraction of sp³-hybridized carbons (Fsp3) is 0.190. The fourth-order valence-corrected chi connectivity index (χ4v) is 4.35. The second-order valence-electron chi connectivity index (χ2n) is 6.61. The highest BCUT2D eigenvalue weighted by Gasteiger charge is 2.31. The van der Waals surface area contributed by atoms with Crippen molar-refractivity contribution < 1.29 is 32.6 Å². The molecule has 2 aromatic rings. The summed E-state index contributed by atoms with van der Waals surface area (Å²) in [5.74, 6) is 0.403. The number of carbonyl (C=O) groups is 2. The molecule has 2 amide bonds. The van der Waals surface area contributed by atoms with Gasteiger partial charge in [0.05, 0.1) is 4.91 Å². The molecule has 32 heavy (non-hydrogen) atoms. The van der Waals surface area contributed by atoms with E-state index in [4.69, 9.17) is 21.7 Å². The van der Waals surface area contributed by atoms with Gasteiger partial charge in [-0.3, -0.25) is 14.5 Å². The molecular weight excluding hydrogens is 462 g/mol. The Bertz CT molecular complexity index is 1110. The SMILES string of the molecule is O=C(NCCN1C(=O)C(=Cc2ccc3c(c2)OCO3)SC1=S)c1cccc(OC(F)F)c1. The molecule has 0 atom stereocenters. The minimum atomic E-state index is -2.98. The van der Waals surface area contributed by atoms with Gasteiger partial charge in [0, 0.05) is 18.7 Å². The van der Waals surface area contributed by atoms with Crippen molar-refractivity contribution in [3.8, 4) is 17.2 Å². The van der Waals surface area contributed by atoms with Crippen molar-refractivity contribution in [3.05, 3.63) is 58.5 Å². The van der Waals surface area contributed by atoms with Crippen LogP contribution in [0.1, 0.15) is 15.9 Å². The number of thioether (sulfide) groups is 1. The van der Waals surface area contributed by atoms with Gasteiger partial charge in [0.1, 0.15) is 10.1 Å². The highest BCUT2D eigenvalue weighted by molar-refractivity contribution is 8.26. The first-order valence-corrected chi connectivity index (χ1v) is 10.6. The van der Waals surface area contributed by atoms with Gasteiger partial charge in [-0.25, -0.2) is 0 Å². The highest BCUT2D eigenvalue weighted by Crippen LogP contribution is 2.36. The molecular formula is C21H16F2N2O5S2. The van der Waals surface area contributed by atoms with Crippen molar-refractivity contribution in [2.24, 2.45) is 0 Å². The minimum Gasteiger partial charge on any atom is -0.454 e. The lowest BCUT2D eigenvalue weighted by Crippen LogP contribution is -2.37. The first-order chi connectivity index (χ1) is 15.4. The van der Waals surface area contributed by atoms with Gasteiger partial charge >= 0.3 is 6.61 Å². The van der Waals surface area contributed by atoms with E-state index in [0.717, 1.165) is 5.56 Å². The van der Waals surface area contributed by atoms with Crippen molar-refractivity contribution >= 4 is 46.2 Å². The van der Waals surface area contributed by atoms with Crippen molar-refractivity contribution in [1.82, 2.24) is 10.2 Å². The molecule has 0 bridgehead atoms. The summed E-state index contributed by atoms with van der Waals surface area (Å²) in [6.45, 7) is -2.52. The molecule has 0 aliphatic carbocycles. The van der Waals surface area contributed by atoms with Crippen LogP contribution in [0, 0.1) is 0 Å².